The van der Waals surface area contributed by atoms with Crippen molar-refractivity contribution < 1.29 is 4.79 Å². The van der Waals surface area contributed by atoms with Gasteiger partial charge in [0.2, 0.25) is 5.95 Å². The van der Waals surface area contributed by atoms with Crippen LogP contribution in [0.5, 0.6) is 0 Å². The van der Waals surface area contributed by atoms with Crippen molar-refractivity contribution in [3.8, 4) is 17.5 Å². The fraction of sp³-hybridized carbons (Fsp3) is 0.286. The molecule has 37 heavy (non-hydrogen) atoms. The van der Waals surface area contributed by atoms with Gasteiger partial charge in [-0.3, -0.25) is 18.7 Å². The smallest absolute Gasteiger partial charge is 0.337 e. The van der Waals surface area contributed by atoms with Gasteiger partial charge in [-0.15, -0.1) is 5.92 Å². The second-order valence-electron chi connectivity index (χ2n) is 9.08. The zero-order valence-electron chi connectivity index (χ0n) is 20.6. The first-order chi connectivity index (χ1) is 18.0. The number of imidazole rings is 1. The molecule has 1 saturated heterocycles. The van der Waals surface area contributed by atoms with E-state index in [9.17, 15) is 14.4 Å². The quantitative estimate of drug-likeness (QED) is 0.324. The first-order valence-corrected chi connectivity index (χ1v) is 12.3. The van der Waals surface area contributed by atoms with Gasteiger partial charge in [0.05, 0.1) is 18.8 Å². The van der Waals surface area contributed by atoms with Gasteiger partial charge < -0.3 is 10.6 Å². The number of anilines is 1. The highest BCUT2D eigenvalue weighted by Gasteiger charge is 2.27. The SMILES string of the molecule is CC#CCn1c(N2CCC[C@@H](N)C2)nc2c1c(=O)n(CC(=O)c1ccccc1)c(=O)n2-c1ccccc1. The van der Waals surface area contributed by atoms with E-state index in [-0.39, 0.29) is 36.1 Å². The average molecular weight is 497 g/mol. The highest BCUT2D eigenvalue weighted by molar-refractivity contribution is 5.96. The summed E-state index contributed by atoms with van der Waals surface area (Å²) in [7, 11) is 0. The van der Waals surface area contributed by atoms with Gasteiger partial charge in [-0.25, -0.2) is 9.36 Å². The largest absolute Gasteiger partial charge is 0.341 e. The third-order valence-corrected chi connectivity index (χ3v) is 6.58. The minimum atomic E-state index is -0.624. The lowest BCUT2D eigenvalue weighted by Crippen LogP contribution is -2.44. The number of ketones is 1. The Morgan fingerprint density at radius 2 is 1.76 bits per heavy atom. The number of hydrogen-bond acceptors (Lipinski definition) is 6. The van der Waals surface area contributed by atoms with Gasteiger partial charge in [-0.2, -0.15) is 4.98 Å². The molecule has 0 amide bonds. The lowest BCUT2D eigenvalue weighted by molar-refractivity contribution is 0.0969. The van der Waals surface area contributed by atoms with Crippen molar-refractivity contribution in [2.75, 3.05) is 18.0 Å². The van der Waals surface area contributed by atoms with Gasteiger partial charge in [0, 0.05) is 24.7 Å². The summed E-state index contributed by atoms with van der Waals surface area (Å²) in [6.45, 7) is 2.86. The van der Waals surface area contributed by atoms with Crippen LogP contribution in [-0.4, -0.2) is 43.6 Å². The van der Waals surface area contributed by atoms with E-state index >= 15 is 0 Å². The Morgan fingerprint density at radius 1 is 1.05 bits per heavy atom. The molecular weight excluding hydrogens is 468 g/mol. The Bertz CT molecular complexity index is 1620. The zero-order chi connectivity index (χ0) is 25.9. The summed E-state index contributed by atoms with van der Waals surface area (Å²) in [5.41, 5.74) is 6.48. The molecule has 9 nitrogen and oxygen atoms in total. The molecule has 0 bridgehead atoms. The van der Waals surface area contributed by atoms with E-state index in [1.54, 1.807) is 54.0 Å². The maximum absolute atomic E-state index is 13.9. The van der Waals surface area contributed by atoms with Crippen LogP contribution in [0.4, 0.5) is 5.95 Å². The summed E-state index contributed by atoms with van der Waals surface area (Å²) in [5.74, 6) is 6.12. The minimum Gasteiger partial charge on any atom is -0.341 e. The van der Waals surface area contributed by atoms with Gasteiger partial charge in [-0.1, -0.05) is 54.5 Å². The van der Waals surface area contributed by atoms with Crippen LogP contribution in [0, 0.1) is 11.8 Å². The molecule has 0 aliphatic carbocycles. The second-order valence-corrected chi connectivity index (χ2v) is 9.08. The highest BCUT2D eigenvalue weighted by Crippen LogP contribution is 2.24. The number of aromatic nitrogens is 4. The van der Waals surface area contributed by atoms with Crippen molar-refractivity contribution in [3.05, 3.63) is 87.1 Å². The molecule has 188 valence electrons. The van der Waals surface area contributed by atoms with E-state index in [0.29, 0.717) is 23.7 Å². The van der Waals surface area contributed by atoms with Crippen molar-refractivity contribution in [3.63, 3.8) is 0 Å². The summed E-state index contributed by atoms with van der Waals surface area (Å²) in [4.78, 5) is 47.6. The van der Waals surface area contributed by atoms with E-state index in [1.807, 2.05) is 23.1 Å². The Hall–Kier alpha value is -4.42. The average Bonchev–Trinajstić information content (AvgIpc) is 3.30. The minimum absolute atomic E-state index is 0.0178. The van der Waals surface area contributed by atoms with Crippen molar-refractivity contribution >= 4 is 22.9 Å². The number of fused-ring (bicyclic) bond motifs is 1. The number of piperidine rings is 1. The Labute approximate surface area is 213 Å². The van der Waals surface area contributed by atoms with Crippen LogP contribution in [0.2, 0.25) is 0 Å². The molecule has 0 saturated carbocycles. The number of hydrogen-bond donors (Lipinski definition) is 1. The number of Topliss-reactive ketones (excluding diaryl/α,β-unsaturated/α-hetero) is 1. The summed E-state index contributed by atoms with van der Waals surface area (Å²) in [6.07, 6.45) is 1.81. The first-order valence-electron chi connectivity index (χ1n) is 12.3. The molecule has 4 aromatic rings. The van der Waals surface area contributed by atoms with E-state index in [2.05, 4.69) is 11.8 Å². The van der Waals surface area contributed by atoms with Gasteiger partial charge in [0.15, 0.2) is 16.9 Å². The predicted molar refractivity (Wildman–Crippen MR) is 143 cm³/mol. The lowest BCUT2D eigenvalue weighted by Gasteiger charge is -2.31. The van der Waals surface area contributed by atoms with Crippen LogP contribution >= 0.6 is 0 Å². The fourth-order valence-corrected chi connectivity index (χ4v) is 4.77. The molecule has 0 unspecified atom stereocenters. The van der Waals surface area contributed by atoms with Crippen molar-refractivity contribution in [2.24, 2.45) is 5.73 Å². The Morgan fingerprint density at radius 3 is 2.43 bits per heavy atom. The summed E-state index contributed by atoms with van der Waals surface area (Å²) < 4.78 is 4.14. The number of nitrogens with zero attached hydrogens (tertiary/aromatic N) is 5. The van der Waals surface area contributed by atoms with Crippen molar-refractivity contribution in [1.82, 2.24) is 18.7 Å². The highest BCUT2D eigenvalue weighted by atomic mass is 16.2. The maximum atomic E-state index is 13.9. The van der Waals surface area contributed by atoms with Crippen LogP contribution in [-0.2, 0) is 13.1 Å². The van der Waals surface area contributed by atoms with E-state index < -0.39 is 11.2 Å². The monoisotopic (exact) mass is 496 g/mol. The number of nitrogens with two attached hydrogens (primary N) is 1. The Kier molecular flexibility index (Phi) is 6.75. The third-order valence-electron chi connectivity index (χ3n) is 6.58. The second kappa shape index (κ2) is 10.3. The molecule has 2 aromatic heterocycles. The van der Waals surface area contributed by atoms with Crippen LogP contribution < -0.4 is 21.9 Å². The van der Waals surface area contributed by atoms with Crippen molar-refractivity contribution in [1.29, 1.82) is 0 Å². The van der Waals surface area contributed by atoms with E-state index in [0.717, 1.165) is 24.0 Å². The number of para-hydroxylation sites is 1. The maximum Gasteiger partial charge on any atom is 0.337 e. The molecule has 2 aromatic carbocycles. The number of rotatable bonds is 6. The van der Waals surface area contributed by atoms with Crippen LogP contribution in [0.15, 0.2) is 70.3 Å². The van der Waals surface area contributed by atoms with Crippen LogP contribution in [0.3, 0.4) is 0 Å². The summed E-state index contributed by atoms with van der Waals surface area (Å²) >= 11 is 0. The lowest BCUT2D eigenvalue weighted by atomic mass is 10.1. The molecular formula is C28H28N6O3. The Balaban J connectivity index is 1.79. The zero-order valence-corrected chi connectivity index (χ0v) is 20.6. The van der Waals surface area contributed by atoms with E-state index in [1.165, 1.54) is 4.57 Å². The topological polar surface area (TPSA) is 108 Å². The van der Waals surface area contributed by atoms with Crippen molar-refractivity contribution in [2.45, 2.75) is 38.9 Å². The molecule has 1 aliphatic heterocycles. The van der Waals surface area contributed by atoms with Crippen LogP contribution in [0.1, 0.15) is 30.1 Å². The van der Waals surface area contributed by atoms with E-state index in [4.69, 9.17) is 10.7 Å². The molecule has 2 N–H and O–H groups in total. The number of carbonyl (C=O) groups is 1. The van der Waals surface area contributed by atoms with Gasteiger partial charge in [-0.05, 0) is 31.9 Å². The molecule has 3 heterocycles. The predicted octanol–water partition coefficient (Wildman–Crippen LogP) is 2.18. The standard InChI is InChI=1S/C28H28N6O3/c1-2-3-17-32-24-25(30-27(32)31-16-10-13-21(29)18-31)34(22-14-8-5-9-15-22)28(37)33(26(24)36)19-23(35)20-11-6-4-7-12-20/h4-9,11-12,14-15,21H,10,13,16-19,29H2,1H3/t21-/m1/s1. The van der Waals surface area contributed by atoms with Gasteiger partial charge in [0.25, 0.3) is 5.56 Å². The van der Waals surface area contributed by atoms with Gasteiger partial charge >= 0.3 is 5.69 Å². The summed E-state index contributed by atoms with van der Waals surface area (Å²) in [6, 6.07) is 17.6. The summed E-state index contributed by atoms with van der Waals surface area (Å²) in [5, 5.41) is 0. The van der Waals surface area contributed by atoms with Crippen LogP contribution in [0.25, 0.3) is 16.9 Å². The number of carbonyl (C=O) groups excluding carboxylic acids is 1. The normalized spacial score (nSPS) is 15.4. The fourth-order valence-electron chi connectivity index (χ4n) is 4.77. The van der Waals surface area contributed by atoms with Gasteiger partial charge in [0.1, 0.15) is 0 Å². The first kappa shape index (κ1) is 24.3. The molecule has 1 fully saturated rings. The molecule has 1 aliphatic rings. The number of benzene rings is 2. The molecule has 5 rings (SSSR count). The molecule has 9 heteroatoms. The molecule has 0 spiro atoms. The third kappa shape index (κ3) is 4.59. The molecule has 0 radical (unpaired) electrons. The molecule has 1 atom stereocenters.